The third-order valence-corrected chi connectivity index (χ3v) is 3.97. The van der Waals surface area contributed by atoms with Crippen molar-refractivity contribution in [2.75, 3.05) is 13.1 Å². The summed E-state index contributed by atoms with van der Waals surface area (Å²) in [5.74, 6) is 0. The van der Waals surface area contributed by atoms with Crippen LogP contribution in [-0.4, -0.2) is 30.1 Å². The minimum atomic E-state index is 0.822. The maximum absolute atomic E-state index is 5.67. The summed E-state index contributed by atoms with van der Waals surface area (Å²) in [5.41, 5.74) is 5.67. The lowest BCUT2D eigenvalue weighted by molar-refractivity contribution is 0.138. The quantitative estimate of drug-likeness (QED) is 0.749. The monoisotopic (exact) mass is 196 g/mol. The van der Waals surface area contributed by atoms with Crippen molar-refractivity contribution in [3.05, 3.63) is 0 Å². The van der Waals surface area contributed by atoms with E-state index in [4.69, 9.17) is 5.73 Å². The molecule has 2 heteroatoms. The molecule has 82 valence electrons. The average molecular weight is 196 g/mol. The molecular weight excluding hydrogens is 172 g/mol. The molecule has 0 amide bonds. The molecule has 2 aliphatic rings. The first-order chi connectivity index (χ1) is 6.92. The minimum Gasteiger partial charge on any atom is -0.330 e. The van der Waals surface area contributed by atoms with Crippen LogP contribution in [0.3, 0.4) is 0 Å². The fraction of sp³-hybridized carbons (Fsp3) is 1.00. The van der Waals surface area contributed by atoms with E-state index in [0.29, 0.717) is 0 Å². The van der Waals surface area contributed by atoms with Crippen LogP contribution in [0.4, 0.5) is 0 Å². The lowest BCUT2D eigenvalue weighted by atomic mass is 9.93. The Balaban J connectivity index is 1.87. The maximum Gasteiger partial charge on any atom is 0.0111 e. The van der Waals surface area contributed by atoms with Gasteiger partial charge < -0.3 is 5.73 Å². The van der Waals surface area contributed by atoms with E-state index in [-0.39, 0.29) is 0 Å². The van der Waals surface area contributed by atoms with E-state index >= 15 is 0 Å². The van der Waals surface area contributed by atoms with Crippen molar-refractivity contribution in [2.45, 2.75) is 63.5 Å². The predicted molar refractivity (Wildman–Crippen MR) is 60.3 cm³/mol. The van der Waals surface area contributed by atoms with Gasteiger partial charge in [-0.1, -0.05) is 19.3 Å². The van der Waals surface area contributed by atoms with E-state index in [0.717, 1.165) is 18.6 Å². The summed E-state index contributed by atoms with van der Waals surface area (Å²) in [7, 11) is 0. The van der Waals surface area contributed by atoms with Gasteiger partial charge in [-0.2, -0.15) is 0 Å². The third kappa shape index (κ3) is 2.29. The van der Waals surface area contributed by atoms with Crippen molar-refractivity contribution in [3.63, 3.8) is 0 Å². The summed E-state index contributed by atoms with van der Waals surface area (Å²) < 4.78 is 0. The first-order valence-electron chi connectivity index (χ1n) is 6.37. The summed E-state index contributed by atoms with van der Waals surface area (Å²) in [6.45, 7) is 2.21. The van der Waals surface area contributed by atoms with Gasteiger partial charge in [-0.05, 0) is 45.2 Å². The van der Waals surface area contributed by atoms with E-state index in [1.165, 1.54) is 57.9 Å². The Morgan fingerprint density at radius 2 is 1.79 bits per heavy atom. The number of rotatable bonds is 3. The maximum atomic E-state index is 5.67. The van der Waals surface area contributed by atoms with Crippen LogP contribution in [0.2, 0.25) is 0 Å². The number of hydrogen-bond donors (Lipinski definition) is 1. The van der Waals surface area contributed by atoms with Crippen molar-refractivity contribution in [1.29, 1.82) is 0 Å². The predicted octanol–water partition coefficient (Wildman–Crippen LogP) is 2.13. The zero-order valence-corrected chi connectivity index (χ0v) is 9.25. The van der Waals surface area contributed by atoms with Gasteiger partial charge in [0.15, 0.2) is 0 Å². The molecular formula is C12H24N2. The molecule has 2 N–H and O–H groups in total. The zero-order chi connectivity index (χ0) is 9.80. The fourth-order valence-electron chi connectivity index (χ4n) is 3.25. The van der Waals surface area contributed by atoms with Crippen LogP contribution in [0.5, 0.6) is 0 Å². The average Bonchev–Trinajstić information content (AvgIpc) is 2.68. The number of nitrogens with two attached hydrogens (primary N) is 1. The van der Waals surface area contributed by atoms with E-state index in [9.17, 15) is 0 Å². The first kappa shape index (κ1) is 10.4. The molecule has 1 atom stereocenters. The van der Waals surface area contributed by atoms with Crippen LogP contribution in [0, 0.1) is 0 Å². The third-order valence-electron chi connectivity index (χ3n) is 3.97. The van der Waals surface area contributed by atoms with Gasteiger partial charge in [-0.25, -0.2) is 0 Å². The molecule has 0 spiro atoms. The second-order valence-corrected chi connectivity index (χ2v) is 4.90. The number of likely N-dealkylation sites (tertiary alicyclic amines) is 1. The summed E-state index contributed by atoms with van der Waals surface area (Å²) in [5, 5.41) is 0. The second kappa shape index (κ2) is 5.13. The van der Waals surface area contributed by atoms with Gasteiger partial charge in [-0.15, -0.1) is 0 Å². The topological polar surface area (TPSA) is 29.3 Å². The highest BCUT2D eigenvalue weighted by Crippen LogP contribution is 2.30. The van der Waals surface area contributed by atoms with Crippen LogP contribution in [0.15, 0.2) is 0 Å². The van der Waals surface area contributed by atoms with Crippen molar-refractivity contribution in [2.24, 2.45) is 5.73 Å². The highest BCUT2D eigenvalue weighted by molar-refractivity contribution is 4.86. The molecule has 0 radical (unpaired) electrons. The fourth-order valence-corrected chi connectivity index (χ4v) is 3.25. The Bertz CT molecular complexity index is 164. The molecule has 0 aromatic carbocycles. The molecule has 1 saturated heterocycles. The Kier molecular flexibility index (Phi) is 3.82. The SMILES string of the molecule is NCCC1CCCN1C1CCCCC1. The molecule has 1 aliphatic carbocycles. The minimum absolute atomic E-state index is 0.822. The van der Waals surface area contributed by atoms with Crippen molar-refractivity contribution in [1.82, 2.24) is 4.90 Å². The van der Waals surface area contributed by atoms with Gasteiger partial charge in [0.2, 0.25) is 0 Å². The molecule has 0 aromatic heterocycles. The van der Waals surface area contributed by atoms with Gasteiger partial charge in [0.25, 0.3) is 0 Å². The summed E-state index contributed by atoms with van der Waals surface area (Å²) >= 11 is 0. The Labute approximate surface area is 87.8 Å². The summed E-state index contributed by atoms with van der Waals surface area (Å²) in [4.78, 5) is 2.77. The van der Waals surface area contributed by atoms with Crippen molar-refractivity contribution >= 4 is 0 Å². The molecule has 2 rings (SSSR count). The van der Waals surface area contributed by atoms with Gasteiger partial charge in [0, 0.05) is 12.1 Å². The Morgan fingerprint density at radius 1 is 1.00 bits per heavy atom. The molecule has 1 aliphatic heterocycles. The summed E-state index contributed by atoms with van der Waals surface area (Å²) in [6, 6.07) is 1.73. The summed E-state index contributed by atoms with van der Waals surface area (Å²) in [6.07, 6.45) is 11.3. The van der Waals surface area contributed by atoms with Crippen LogP contribution < -0.4 is 5.73 Å². The molecule has 0 bridgehead atoms. The standard InChI is InChI=1S/C12H24N2/c13-9-8-12-7-4-10-14(12)11-5-2-1-3-6-11/h11-12H,1-10,13H2. The molecule has 2 fully saturated rings. The molecule has 1 heterocycles. The van der Waals surface area contributed by atoms with Gasteiger partial charge in [0.05, 0.1) is 0 Å². The normalized spacial score (nSPS) is 31.1. The van der Waals surface area contributed by atoms with Crippen LogP contribution in [0.1, 0.15) is 51.4 Å². The van der Waals surface area contributed by atoms with Crippen LogP contribution >= 0.6 is 0 Å². The molecule has 0 aromatic rings. The number of nitrogens with zero attached hydrogens (tertiary/aromatic N) is 1. The van der Waals surface area contributed by atoms with Gasteiger partial charge in [-0.3, -0.25) is 4.90 Å². The Hall–Kier alpha value is -0.0800. The van der Waals surface area contributed by atoms with Gasteiger partial charge in [0.1, 0.15) is 0 Å². The van der Waals surface area contributed by atoms with E-state index < -0.39 is 0 Å². The molecule has 14 heavy (non-hydrogen) atoms. The highest BCUT2D eigenvalue weighted by atomic mass is 15.2. The van der Waals surface area contributed by atoms with Crippen LogP contribution in [0.25, 0.3) is 0 Å². The zero-order valence-electron chi connectivity index (χ0n) is 9.25. The molecule has 1 saturated carbocycles. The lowest BCUT2D eigenvalue weighted by Gasteiger charge is -2.35. The van der Waals surface area contributed by atoms with Crippen molar-refractivity contribution in [3.8, 4) is 0 Å². The smallest absolute Gasteiger partial charge is 0.0111 e. The largest absolute Gasteiger partial charge is 0.330 e. The van der Waals surface area contributed by atoms with Crippen molar-refractivity contribution < 1.29 is 0 Å². The van der Waals surface area contributed by atoms with E-state index in [1.54, 1.807) is 0 Å². The van der Waals surface area contributed by atoms with E-state index in [2.05, 4.69) is 4.90 Å². The molecule has 1 unspecified atom stereocenters. The van der Waals surface area contributed by atoms with Crippen LogP contribution in [-0.2, 0) is 0 Å². The second-order valence-electron chi connectivity index (χ2n) is 4.90. The highest BCUT2D eigenvalue weighted by Gasteiger charge is 2.30. The van der Waals surface area contributed by atoms with Gasteiger partial charge >= 0.3 is 0 Å². The molecule has 2 nitrogen and oxygen atoms in total. The van der Waals surface area contributed by atoms with E-state index in [1.807, 2.05) is 0 Å². The lowest BCUT2D eigenvalue weighted by Crippen LogP contribution is -2.41. The number of hydrogen-bond acceptors (Lipinski definition) is 2. The Morgan fingerprint density at radius 3 is 2.50 bits per heavy atom. The first-order valence-corrected chi connectivity index (χ1v) is 6.37.